The molecule has 0 aliphatic heterocycles. The second-order valence-electron chi connectivity index (χ2n) is 11.6. The quantitative estimate of drug-likeness (QED) is 0.318. The van der Waals surface area contributed by atoms with Gasteiger partial charge in [0.2, 0.25) is 4.38 Å². The van der Waals surface area contributed by atoms with Gasteiger partial charge in [-0.3, -0.25) is 0 Å². The molecular formula is C26H44OS2. The number of hydrogen-bond donors (Lipinski definition) is 0. The molecule has 0 spiro atoms. The molecule has 4 aliphatic carbocycles. The van der Waals surface area contributed by atoms with Crippen molar-refractivity contribution in [2.24, 2.45) is 46.3 Å². The van der Waals surface area contributed by atoms with E-state index in [0.717, 1.165) is 48.5 Å². The first-order chi connectivity index (χ1) is 13.9. The summed E-state index contributed by atoms with van der Waals surface area (Å²) in [4.78, 5) is 0. The second kappa shape index (κ2) is 9.00. The van der Waals surface area contributed by atoms with Gasteiger partial charge in [-0.15, -0.1) is 0 Å². The zero-order chi connectivity index (χ0) is 20.6. The summed E-state index contributed by atoms with van der Waals surface area (Å²) in [5, 5.41) is 0. The average molecular weight is 437 g/mol. The molecule has 0 heterocycles. The van der Waals surface area contributed by atoms with Gasteiger partial charge in [-0.1, -0.05) is 45.4 Å². The Kier molecular flexibility index (Phi) is 6.97. The standard InChI is InChI=1S/C26H44OS2/c1-18(8-7-17-27-24(28)29-4)21-12-13-22-20-11-10-19-9-5-6-15-25(19,2)23(20)14-16-26(21,22)3/h18-23H,5-17H2,1-4H3/t18-,19-,20+,21-,22+,23+,25+,26-/m1/s1. The van der Waals surface area contributed by atoms with E-state index in [4.69, 9.17) is 17.0 Å². The van der Waals surface area contributed by atoms with Gasteiger partial charge in [0.1, 0.15) is 0 Å². The summed E-state index contributed by atoms with van der Waals surface area (Å²) >= 11 is 6.73. The first-order valence-electron chi connectivity index (χ1n) is 12.6. The predicted octanol–water partition coefficient (Wildman–Crippen LogP) is 8.12. The van der Waals surface area contributed by atoms with E-state index in [1.807, 2.05) is 6.26 Å². The second-order valence-corrected chi connectivity index (χ2v) is 13.0. The van der Waals surface area contributed by atoms with Gasteiger partial charge in [0, 0.05) is 0 Å². The third kappa shape index (κ3) is 4.06. The van der Waals surface area contributed by atoms with Gasteiger partial charge in [0.05, 0.1) is 6.61 Å². The minimum atomic E-state index is 0.605. The predicted molar refractivity (Wildman–Crippen MR) is 130 cm³/mol. The maximum atomic E-state index is 5.66. The van der Waals surface area contributed by atoms with Crippen molar-refractivity contribution in [1.82, 2.24) is 0 Å². The van der Waals surface area contributed by atoms with Crippen LogP contribution in [0.3, 0.4) is 0 Å². The van der Waals surface area contributed by atoms with Crippen LogP contribution in [-0.2, 0) is 4.74 Å². The smallest absolute Gasteiger partial charge is 0.219 e. The van der Waals surface area contributed by atoms with E-state index >= 15 is 0 Å². The van der Waals surface area contributed by atoms with Crippen molar-refractivity contribution in [3.05, 3.63) is 0 Å². The minimum Gasteiger partial charge on any atom is -0.479 e. The van der Waals surface area contributed by atoms with Crippen LogP contribution in [0, 0.1) is 46.3 Å². The fourth-order valence-electron chi connectivity index (χ4n) is 9.09. The zero-order valence-electron chi connectivity index (χ0n) is 19.4. The third-order valence-electron chi connectivity index (χ3n) is 10.5. The summed E-state index contributed by atoms with van der Waals surface area (Å²) in [5.74, 6) is 5.88. The molecule has 0 amide bonds. The Morgan fingerprint density at radius 3 is 2.59 bits per heavy atom. The van der Waals surface area contributed by atoms with Crippen LogP contribution < -0.4 is 0 Å². The molecule has 0 aromatic rings. The number of thiocarbonyl (C=S) groups is 1. The molecular weight excluding hydrogens is 392 g/mol. The van der Waals surface area contributed by atoms with Crippen molar-refractivity contribution in [2.75, 3.05) is 12.9 Å². The summed E-state index contributed by atoms with van der Waals surface area (Å²) in [5.41, 5.74) is 1.28. The molecule has 0 bridgehead atoms. The molecule has 4 saturated carbocycles. The lowest BCUT2D eigenvalue weighted by Gasteiger charge is -2.61. The highest BCUT2D eigenvalue weighted by atomic mass is 32.2. The molecule has 4 rings (SSSR count). The van der Waals surface area contributed by atoms with E-state index in [0.29, 0.717) is 15.2 Å². The van der Waals surface area contributed by atoms with Crippen LogP contribution >= 0.6 is 24.0 Å². The monoisotopic (exact) mass is 436 g/mol. The number of rotatable bonds is 5. The molecule has 4 fully saturated rings. The summed E-state index contributed by atoms with van der Waals surface area (Å²) < 4.78 is 6.37. The molecule has 0 aromatic heterocycles. The minimum absolute atomic E-state index is 0.605. The summed E-state index contributed by atoms with van der Waals surface area (Å²) in [6.45, 7) is 8.76. The van der Waals surface area contributed by atoms with E-state index in [9.17, 15) is 0 Å². The molecule has 8 atom stereocenters. The number of fused-ring (bicyclic) bond motifs is 5. The van der Waals surface area contributed by atoms with Gasteiger partial charge in [-0.05, 0) is 129 Å². The van der Waals surface area contributed by atoms with Crippen molar-refractivity contribution in [3.8, 4) is 0 Å². The van der Waals surface area contributed by atoms with Crippen LogP contribution in [0.2, 0.25) is 0 Å². The van der Waals surface area contributed by atoms with Crippen LogP contribution in [0.5, 0.6) is 0 Å². The van der Waals surface area contributed by atoms with Crippen LogP contribution in [0.25, 0.3) is 0 Å². The molecule has 0 saturated heterocycles. The van der Waals surface area contributed by atoms with Crippen molar-refractivity contribution in [1.29, 1.82) is 0 Å². The van der Waals surface area contributed by atoms with E-state index in [2.05, 4.69) is 20.8 Å². The summed E-state index contributed by atoms with van der Waals surface area (Å²) in [7, 11) is 0. The molecule has 0 N–H and O–H groups in total. The van der Waals surface area contributed by atoms with E-state index < -0.39 is 0 Å². The first kappa shape index (κ1) is 22.4. The molecule has 166 valence electrons. The molecule has 0 unspecified atom stereocenters. The van der Waals surface area contributed by atoms with Crippen molar-refractivity contribution in [3.63, 3.8) is 0 Å². The highest BCUT2D eigenvalue weighted by Crippen LogP contribution is 2.68. The maximum absolute atomic E-state index is 5.66. The molecule has 4 aliphatic rings. The molecule has 29 heavy (non-hydrogen) atoms. The zero-order valence-corrected chi connectivity index (χ0v) is 21.0. The largest absolute Gasteiger partial charge is 0.479 e. The van der Waals surface area contributed by atoms with Crippen molar-refractivity contribution >= 4 is 28.4 Å². The SMILES string of the molecule is CSC(=S)OCCC[C@@H](C)[C@H]1CC[C@H]2[C@@H]3CC[C@H]4CCCC[C@]4(C)[C@H]3CC[C@]12C. The number of hydrogen-bond acceptors (Lipinski definition) is 3. The van der Waals surface area contributed by atoms with E-state index in [-0.39, 0.29) is 0 Å². The van der Waals surface area contributed by atoms with E-state index in [1.54, 1.807) is 18.2 Å². The van der Waals surface area contributed by atoms with Gasteiger partial charge < -0.3 is 4.74 Å². The van der Waals surface area contributed by atoms with Crippen LogP contribution in [0.15, 0.2) is 0 Å². The Hall–Kier alpha value is 0.240. The Morgan fingerprint density at radius 2 is 1.79 bits per heavy atom. The lowest BCUT2D eigenvalue weighted by atomic mass is 9.44. The van der Waals surface area contributed by atoms with Crippen molar-refractivity contribution < 1.29 is 4.74 Å². The Morgan fingerprint density at radius 1 is 1.00 bits per heavy atom. The van der Waals surface area contributed by atoms with Crippen LogP contribution in [-0.4, -0.2) is 17.2 Å². The highest BCUT2D eigenvalue weighted by molar-refractivity contribution is 8.22. The van der Waals surface area contributed by atoms with Gasteiger partial charge in [0.25, 0.3) is 0 Å². The normalized spacial score (nSPS) is 45.0. The Bertz CT molecular complexity index is 591. The maximum Gasteiger partial charge on any atom is 0.219 e. The van der Waals surface area contributed by atoms with Gasteiger partial charge in [-0.2, -0.15) is 0 Å². The lowest BCUT2D eigenvalue weighted by Crippen LogP contribution is -2.53. The van der Waals surface area contributed by atoms with Gasteiger partial charge in [-0.25, -0.2) is 0 Å². The molecule has 0 radical (unpaired) electrons. The Balaban J connectivity index is 1.39. The van der Waals surface area contributed by atoms with Gasteiger partial charge in [0.15, 0.2) is 0 Å². The average Bonchev–Trinajstić information content (AvgIpc) is 3.07. The Labute approximate surface area is 189 Å². The van der Waals surface area contributed by atoms with Gasteiger partial charge >= 0.3 is 0 Å². The van der Waals surface area contributed by atoms with Crippen LogP contribution in [0.1, 0.15) is 97.8 Å². The lowest BCUT2D eigenvalue weighted by molar-refractivity contribution is -0.114. The first-order valence-corrected chi connectivity index (χ1v) is 14.2. The number of ether oxygens (including phenoxy) is 1. The van der Waals surface area contributed by atoms with E-state index in [1.165, 1.54) is 64.2 Å². The number of thioether (sulfide) groups is 1. The topological polar surface area (TPSA) is 9.23 Å². The van der Waals surface area contributed by atoms with Crippen molar-refractivity contribution in [2.45, 2.75) is 97.8 Å². The highest BCUT2D eigenvalue weighted by Gasteiger charge is 2.59. The molecule has 0 aromatic carbocycles. The van der Waals surface area contributed by atoms with Crippen LogP contribution in [0.4, 0.5) is 0 Å². The molecule has 1 nitrogen and oxygen atoms in total. The third-order valence-corrected chi connectivity index (χ3v) is 11.6. The summed E-state index contributed by atoms with van der Waals surface area (Å²) in [6.07, 6.45) is 19.6. The summed E-state index contributed by atoms with van der Waals surface area (Å²) in [6, 6.07) is 0. The fraction of sp³-hybridized carbons (Fsp3) is 0.962. The fourth-order valence-corrected chi connectivity index (χ4v) is 9.38. The molecule has 3 heteroatoms.